The van der Waals surface area contributed by atoms with Crippen LogP contribution in [0.1, 0.15) is 11.4 Å². The van der Waals surface area contributed by atoms with Gasteiger partial charge in [0.2, 0.25) is 0 Å². The number of aryl methyl sites for hydroxylation is 3. The van der Waals surface area contributed by atoms with Crippen molar-refractivity contribution in [2.24, 2.45) is 7.05 Å². The van der Waals surface area contributed by atoms with E-state index >= 15 is 0 Å². The van der Waals surface area contributed by atoms with Crippen molar-refractivity contribution in [1.82, 2.24) is 14.5 Å². The molecule has 0 aromatic carbocycles. The molecule has 17 heavy (non-hydrogen) atoms. The third-order valence-corrected chi connectivity index (χ3v) is 2.95. The highest BCUT2D eigenvalue weighted by atomic mass is 35.5. The Morgan fingerprint density at radius 3 is 2.47 bits per heavy atom. The Bertz CT molecular complexity index is 595. The number of anilines is 1. The van der Waals surface area contributed by atoms with Crippen LogP contribution < -0.4 is 11.0 Å². The molecule has 2 aromatic heterocycles. The molecule has 90 valence electrons. The first-order valence-electron chi connectivity index (χ1n) is 5.14. The third-order valence-electron chi connectivity index (χ3n) is 2.58. The lowest BCUT2D eigenvalue weighted by Crippen LogP contribution is -2.22. The van der Waals surface area contributed by atoms with Crippen LogP contribution in [0.5, 0.6) is 0 Å². The van der Waals surface area contributed by atoms with Gasteiger partial charge in [-0.1, -0.05) is 11.6 Å². The molecule has 0 saturated carbocycles. The van der Waals surface area contributed by atoms with E-state index in [0.717, 1.165) is 11.4 Å². The second-order valence-corrected chi connectivity index (χ2v) is 4.24. The molecule has 0 aliphatic carbocycles. The molecule has 0 bridgehead atoms. The van der Waals surface area contributed by atoms with E-state index in [0.29, 0.717) is 5.69 Å². The molecule has 2 aromatic rings. The lowest BCUT2D eigenvalue weighted by Gasteiger charge is -2.13. The minimum atomic E-state index is -0.320. The number of hydrogen-bond donors (Lipinski definition) is 1. The Balaban J connectivity index is 2.44. The van der Waals surface area contributed by atoms with Crippen LogP contribution in [0.2, 0.25) is 5.02 Å². The molecule has 0 aliphatic heterocycles. The number of rotatable bonds is 2. The van der Waals surface area contributed by atoms with Gasteiger partial charge in [0.25, 0.3) is 5.56 Å². The smallest absolute Gasteiger partial charge is 0.287 e. The van der Waals surface area contributed by atoms with Gasteiger partial charge in [-0.05, 0) is 26.0 Å². The quantitative estimate of drug-likeness (QED) is 0.886. The SMILES string of the molecule is Cc1ccc(C)n1Nc1cnn(C)c(=O)c1Cl. The highest BCUT2D eigenvalue weighted by molar-refractivity contribution is 6.32. The summed E-state index contributed by atoms with van der Waals surface area (Å²) >= 11 is 5.97. The summed E-state index contributed by atoms with van der Waals surface area (Å²) in [5, 5.41) is 4.06. The second kappa shape index (κ2) is 4.25. The maximum atomic E-state index is 11.6. The fourth-order valence-corrected chi connectivity index (χ4v) is 1.77. The Morgan fingerprint density at radius 2 is 1.88 bits per heavy atom. The summed E-state index contributed by atoms with van der Waals surface area (Å²) in [6.07, 6.45) is 1.53. The second-order valence-electron chi connectivity index (χ2n) is 3.86. The van der Waals surface area contributed by atoms with Crippen molar-refractivity contribution in [3.8, 4) is 0 Å². The molecule has 0 aliphatic rings. The van der Waals surface area contributed by atoms with Crippen molar-refractivity contribution >= 4 is 17.3 Å². The Kier molecular flexibility index (Phi) is 2.93. The Labute approximate surface area is 104 Å². The summed E-state index contributed by atoms with van der Waals surface area (Å²) in [7, 11) is 1.56. The van der Waals surface area contributed by atoms with E-state index in [1.165, 1.54) is 10.9 Å². The van der Waals surface area contributed by atoms with E-state index in [-0.39, 0.29) is 10.6 Å². The zero-order valence-electron chi connectivity index (χ0n) is 9.86. The lowest BCUT2D eigenvalue weighted by atomic mass is 10.5. The molecule has 0 saturated heterocycles. The van der Waals surface area contributed by atoms with Crippen molar-refractivity contribution in [3.63, 3.8) is 0 Å². The Morgan fingerprint density at radius 1 is 1.29 bits per heavy atom. The summed E-state index contributed by atoms with van der Waals surface area (Å²) in [6.45, 7) is 3.92. The van der Waals surface area contributed by atoms with Gasteiger partial charge in [-0.3, -0.25) is 14.9 Å². The largest absolute Gasteiger partial charge is 0.291 e. The highest BCUT2D eigenvalue weighted by Crippen LogP contribution is 2.17. The lowest BCUT2D eigenvalue weighted by molar-refractivity contribution is 0.706. The molecule has 0 fully saturated rings. The molecular weight excluding hydrogens is 240 g/mol. The highest BCUT2D eigenvalue weighted by Gasteiger charge is 2.09. The summed E-state index contributed by atoms with van der Waals surface area (Å²) in [5.74, 6) is 0. The molecule has 2 rings (SSSR count). The molecular formula is C11H13ClN4O. The fourth-order valence-electron chi connectivity index (χ4n) is 1.55. The first-order chi connectivity index (χ1) is 8.00. The predicted molar refractivity (Wildman–Crippen MR) is 67.4 cm³/mol. The van der Waals surface area contributed by atoms with Gasteiger partial charge in [0.05, 0.1) is 11.9 Å². The van der Waals surface area contributed by atoms with E-state index < -0.39 is 0 Å². The van der Waals surface area contributed by atoms with E-state index in [4.69, 9.17) is 11.6 Å². The number of nitrogens with zero attached hydrogens (tertiary/aromatic N) is 3. The molecule has 0 amide bonds. The monoisotopic (exact) mass is 252 g/mol. The van der Waals surface area contributed by atoms with Crippen molar-refractivity contribution in [2.45, 2.75) is 13.8 Å². The summed E-state index contributed by atoms with van der Waals surface area (Å²) in [4.78, 5) is 11.6. The van der Waals surface area contributed by atoms with Gasteiger partial charge in [-0.15, -0.1) is 0 Å². The predicted octanol–water partition coefficient (Wildman–Crippen LogP) is 1.73. The van der Waals surface area contributed by atoms with E-state index in [1.807, 2.05) is 30.7 Å². The van der Waals surface area contributed by atoms with Crippen molar-refractivity contribution in [1.29, 1.82) is 0 Å². The average molecular weight is 253 g/mol. The first-order valence-corrected chi connectivity index (χ1v) is 5.52. The van der Waals surface area contributed by atoms with Gasteiger partial charge in [-0.25, -0.2) is 4.68 Å². The van der Waals surface area contributed by atoms with E-state index in [9.17, 15) is 4.79 Å². The summed E-state index contributed by atoms with van der Waals surface area (Å²) in [5.41, 5.74) is 5.30. The van der Waals surface area contributed by atoms with Crippen molar-refractivity contribution in [3.05, 3.63) is 45.1 Å². The third kappa shape index (κ3) is 2.06. The van der Waals surface area contributed by atoms with Crippen LogP contribution in [0.15, 0.2) is 23.1 Å². The molecule has 2 heterocycles. The molecule has 0 radical (unpaired) electrons. The number of aromatic nitrogens is 3. The normalized spacial score (nSPS) is 10.6. The van der Waals surface area contributed by atoms with E-state index in [1.54, 1.807) is 7.05 Å². The first kappa shape index (κ1) is 11.7. The van der Waals surface area contributed by atoms with Gasteiger partial charge in [-0.2, -0.15) is 5.10 Å². The van der Waals surface area contributed by atoms with Gasteiger partial charge in [0.1, 0.15) is 5.02 Å². The molecule has 0 unspecified atom stereocenters. The summed E-state index contributed by atoms with van der Waals surface area (Å²) in [6, 6.07) is 3.95. The molecule has 0 atom stereocenters. The number of hydrogen-bond acceptors (Lipinski definition) is 3. The van der Waals surface area contributed by atoms with Crippen LogP contribution in [-0.4, -0.2) is 14.5 Å². The standard InChI is InChI=1S/C11H13ClN4O/c1-7-4-5-8(2)16(7)14-9-6-13-15(3)11(17)10(9)12/h4-6,14H,1-3H3. The molecule has 0 spiro atoms. The average Bonchev–Trinajstić information content (AvgIpc) is 2.61. The maximum absolute atomic E-state index is 11.6. The topological polar surface area (TPSA) is 51.9 Å². The zero-order chi connectivity index (χ0) is 12.6. The van der Waals surface area contributed by atoms with E-state index in [2.05, 4.69) is 10.5 Å². The van der Waals surface area contributed by atoms with Crippen LogP contribution in [0.25, 0.3) is 0 Å². The van der Waals surface area contributed by atoms with Crippen LogP contribution in [-0.2, 0) is 7.05 Å². The number of nitrogens with one attached hydrogen (secondary N) is 1. The van der Waals surface area contributed by atoms with Gasteiger partial charge in [0.15, 0.2) is 0 Å². The van der Waals surface area contributed by atoms with Crippen LogP contribution in [0.4, 0.5) is 5.69 Å². The van der Waals surface area contributed by atoms with Crippen LogP contribution >= 0.6 is 11.6 Å². The molecule has 1 N–H and O–H groups in total. The molecule has 6 heteroatoms. The maximum Gasteiger partial charge on any atom is 0.287 e. The summed E-state index contributed by atoms with van der Waals surface area (Å²) < 4.78 is 3.05. The van der Waals surface area contributed by atoms with Gasteiger partial charge >= 0.3 is 0 Å². The van der Waals surface area contributed by atoms with Gasteiger partial charge in [0, 0.05) is 18.4 Å². The van der Waals surface area contributed by atoms with Crippen LogP contribution in [0, 0.1) is 13.8 Å². The number of halogens is 1. The van der Waals surface area contributed by atoms with Crippen molar-refractivity contribution in [2.75, 3.05) is 5.43 Å². The van der Waals surface area contributed by atoms with Crippen LogP contribution in [0.3, 0.4) is 0 Å². The minimum absolute atomic E-state index is 0.134. The van der Waals surface area contributed by atoms with Crippen molar-refractivity contribution < 1.29 is 0 Å². The zero-order valence-corrected chi connectivity index (χ0v) is 10.6. The van der Waals surface area contributed by atoms with Gasteiger partial charge < -0.3 is 0 Å². The fraction of sp³-hybridized carbons (Fsp3) is 0.273. The Hall–Kier alpha value is -1.75. The minimum Gasteiger partial charge on any atom is -0.291 e. The molecule has 5 nitrogen and oxygen atoms in total.